The highest BCUT2D eigenvalue weighted by Gasteiger charge is 2.25. The van der Waals surface area contributed by atoms with Crippen molar-refractivity contribution in [3.63, 3.8) is 0 Å². The van der Waals surface area contributed by atoms with Crippen LogP contribution < -0.4 is 0 Å². The molecule has 2 saturated heterocycles. The Kier molecular flexibility index (Phi) is 10.8. The summed E-state index contributed by atoms with van der Waals surface area (Å²) in [5.74, 6) is 0.970. The number of rotatable bonds is 1. The SMILES string of the molecule is CC.CC.CC1CCN(C2CCN(C)CC2)CC1. The lowest BCUT2D eigenvalue weighted by molar-refractivity contribution is 0.0887. The first kappa shape index (κ1) is 17.9. The highest BCUT2D eigenvalue weighted by atomic mass is 15.2. The molecule has 0 spiro atoms. The fourth-order valence-corrected chi connectivity index (χ4v) is 2.75. The van der Waals surface area contributed by atoms with Crippen LogP contribution in [0.25, 0.3) is 0 Å². The van der Waals surface area contributed by atoms with E-state index in [2.05, 4.69) is 23.8 Å². The van der Waals surface area contributed by atoms with Crippen LogP contribution in [0.2, 0.25) is 0 Å². The Labute approximate surface area is 116 Å². The van der Waals surface area contributed by atoms with Gasteiger partial charge in [-0.1, -0.05) is 34.6 Å². The largest absolute Gasteiger partial charge is 0.306 e. The molecule has 0 atom stereocenters. The van der Waals surface area contributed by atoms with Crippen LogP contribution in [-0.4, -0.2) is 49.1 Å². The van der Waals surface area contributed by atoms with E-state index in [1.807, 2.05) is 27.7 Å². The first-order valence-electron chi connectivity index (χ1n) is 8.18. The summed E-state index contributed by atoms with van der Waals surface area (Å²) in [6.45, 7) is 15.7. The number of hydrogen-bond donors (Lipinski definition) is 0. The predicted molar refractivity (Wildman–Crippen MR) is 83.2 cm³/mol. The van der Waals surface area contributed by atoms with Gasteiger partial charge in [-0.25, -0.2) is 0 Å². The van der Waals surface area contributed by atoms with E-state index in [0.717, 1.165) is 12.0 Å². The Balaban J connectivity index is 0.000000659. The molecule has 0 amide bonds. The smallest absolute Gasteiger partial charge is 0.0120 e. The molecule has 0 aromatic heterocycles. The topological polar surface area (TPSA) is 6.48 Å². The van der Waals surface area contributed by atoms with E-state index < -0.39 is 0 Å². The Morgan fingerprint density at radius 2 is 1.17 bits per heavy atom. The minimum Gasteiger partial charge on any atom is -0.306 e. The van der Waals surface area contributed by atoms with Gasteiger partial charge in [0.15, 0.2) is 0 Å². The zero-order valence-electron chi connectivity index (χ0n) is 13.7. The minimum atomic E-state index is 0.902. The molecule has 18 heavy (non-hydrogen) atoms. The summed E-state index contributed by atoms with van der Waals surface area (Å²) in [5, 5.41) is 0. The molecule has 0 N–H and O–H groups in total. The van der Waals surface area contributed by atoms with Gasteiger partial charge < -0.3 is 9.80 Å². The van der Waals surface area contributed by atoms with Gasteiger partial charge in [-0.3, -0.25) is 0 Å². The average Bonchev–Trinajstić information content (AvgIpc) is 2.45. The van der Waals surface area contributed by atoms with Gasteiger partial charge >= 0.3 is 0 Å². The molecule has 2 aliphatic heterocycles. The van der Waals surface area contributed by atoms with E-state index in [1.165, 1.54) is 51.9 Å². The second-order valence-corrected chi connectivity index (χ2v) is 5.25. The molecule has 0 aliphatic carbocycles. The molecule has 0 unspecified atom stereocenters. The molecule has 2 heterocycles. The van der Waals surface area contributed by atoms with Gasteiger partial charge in [0.1, 0.15) is 0 Å². The number of likely N-dealkylation sites (tertiary alicyclic amines) is 2. The predicted octanol–water partition coefficient (Wildman–Crippen LogP) is 3.86. The quantitative estimate of drug-likeness (QED) is 0.703. The number of hydrogen-bond acceptors (Lipinski definition) is 2. The van der Waals surface area contributed by atoms with Gasteiger partial charge in [-0.15, -0.1) is 0 Å². The molecule has 0 aromatic carbocycles. The summed E-state index contributed by atoms with van der Waals surface area (Å²) in [7, 11) is 2.24. The van der Waals surface area contributed by atoms with Crippen LogP contribution >= 0.6 is 0 Å². The average molecular weight is 256 g/mol. The van der Waals surface area contributed by atoms with E-state index in [1.54, 1.807) is 0 Å². The third-order valence-electron chi connectivity index (χ3n) is 4.02. The van der Waals surface area contributed by atoms with Crippen LogP contribution in [0, 0.1) is 5.92 Å². The van der Waals surface area contributed by atoms with Crippen molar-refractivity contribution in [3.8, 4) is 0 Å². The Hall–Kier alpha value is -0.0800. The van der Waals surface area contributed by atoms with Gasteiger partial charge in [0.25, 0.3) is 0 Å². The Bertz CT molecular complexity index is 146. The molecule has 2 rings (SSSR count). The second-order valence-electron chi connectivity index (χ2n) is 5.25. The van der Waals surface area contributed by atoms with Crippen molar-refractivity contribution >= 4 is 0 Å². The maximum absolute atomic E-state index is 2.74. The molecule has 110 valence electrons. The fraction of sp³-hybridized carbons (Fsp3) is 1.00. The molecular formula is C16H36N2. The van der Waals surface area contributed by atoms with Crippen molar-refractivity contribution in [2.75, 3.05) is 33.2 Å². The van der Waals surface area contributed by atoms with Gasteiger partial charge in [0, 0.05) is 6.04 Å². The zero-order chi connectivity index (χ0) is 14.0. The molecule has 0 saturated carbocycles. The van der Waals surface area contributed by atoms with Crippen LogP contribution in [0.4, 0.5) is 0 Å². The molecule has 2 heteroatoms. The lowest BCUT2D eigenvalue weighted by Gasteiger charge is -2.40. The molecule has 2 nitrogen and oxygen atoms in total. The van der Waals surface area contributed by atoms with E-state index in [9.17, 15) is 0 Å². The highest BCUT2D eigenvalue weighted by molar-refractivity contribution is 4.81. The van der Waals surface area contributed by atoms with Crippen molar-refractivity contribution in [2.45, 2.75) is 66.3 Å². The summed E-state index contributed by atoms with van der Waals surface area (Å²) >= 11 is 0. The standard InChI is InChI=1S/C12H24N2.2C2H6/c1-11-3-9-14(10-4-11)12-5-7-13(2)8-6-12;2*1-2/h11-12H,3-10H2,1-2H3;2*1-2H3. The minimum absolute atomic E-state index is 0.902. The molecule has 0 bridgehead atoms. The maximum atomic E-state index is 2.74. The van der Waals surface area contributed by atoms with E-state index in [-0.39, 0.29) is 0 Å². The Morgan fingerprint density at radius 1 is 0.722 bits per heavy atom. The van der Waals surface area contributed by atoms with Gasteiger partial charge in [0.2, 0.25) is 0 Å². The zero-order valence-corrected chi connectivity index (χ0v) is 13.7. The highest BCUT2D eigenvalue weighted by Crippen LogP contribution is 2.22. The normalized spacial score (nSPS) is 23.7. The van der Waals surface area contributed by atoms with Crippen LogP contribution in [-0.2, 0) is 0 Å². The second kappa shape index (κ2) is 10.8. The maximum Gasteiger partial charge on any atom is 0.0120 e. The summed E-state index contributed by atoms with van der Waals surface area (Å²) in [6.07, 6.45) is 5.63. The van der Waals surface area contributed by atoms with E-state index >= 15 is 0 Å². The molecule has 2 fully saturated rings. The summed E-state index contributed by atoms with van der Waals surface area (Å²) in [5.41, 5.74) is 0. The lowest BCUT2D eigenvalue weighted by atomic mass is 9.95. The third-order valence-corrected chi connectivity index (χ3v) is 4.02. The number of piperidine rings is 2. The van der Waals surface area contributed by atoms with Gasteiger partial charge in [-0.2, -0.15) is 0 Å². The van der Waals surface area contributed by atoms with E-state index in [4.69, 9.17) is 0 Å². The van der Waals surface area contributed by atoms with Crippen molar-refractivity contribution in [1.82, 2.24) is 9.80 Å². The summed E-state index contributed by atoms with van der Waals surface area (Å²) in [4.78, 5) is 5.20. The van der Waals surface area contributed by atoms with Crippen molar-refractivity contribution in [2.24, 2.45) is 5.92 Å². The molecule has 0 aromatic rings. The van der Waals surface area contributed by atoms with Crippen molar-refractivity contribution in [3.05, 3.63) is 0 Å². The Morgan fingerprint density at radius 3 is 1.61 bits per heavy atom. The summed E-state index contributed by atoms with van der Waals surface area (Å²) in [6, 6.07) is 0.902. The molecule has 2 aliphatic rings. The molecule has 0 radical (unpaired) electrons. The van der Waals surface area contributed by atoms with Crippen LogP contribution in [0.3, 0.4) is 0 Å². The summed E-state index contributed by atoms with van der Waals surface area (Å²) < 4.78 is 0. The first-order valence-corrected chi connectivity index (χ1v) is 8.18. The van der Waals surface area contributed by atoms with Crippen LogP contribution in [0.1, 0.15) is 60.3 Å². The molecular weight excluding hydrogens is 220 g/mol. The van der Waals surface area contributed by atoms with Crippen molar-refractivity contribution in [1.29, 1.82) is 0 Å². The van der Waals surface area contributed by atoms with Gasteiger partial charge in [-0.05, 0) is 64.8 Å². The van der Waals surface area contributed by atoms with Crippen LogP contribution in [0.5, 0.6) is 0 Å². The third kappa shape index (κ3) is 6.19. The van der Waals surface area contributed by atoms with E-state index in [0.29, 0.717) is 0 Å². The van der Waals surface area contributed by atoms with Gasteiger partial charge in [0.05, 0.1) is 0 Å². The fourth-order valence-electron chi connectivity index (χ4n) is 2.75. The monoisotopic (exact) mass is 256 g/mol. The lowest BCUT2D eigenvalue weighted by Crippen LogP contribution is -2.46. The van der Waals surface area contributed by atoms with Crippen LogP contribution in [0.15, 0.2) is 0 Å². The number of nitrogens with zero attached hydrogens (tertiary/aromatic N) is 2. The first-order chi connectivity index (χ1) is 8.75. The van der Waals surface area contributed by atoms with Crippen molar-refractivity contribution < 1.29 is 0 Å².